The Morgan fingerprint density at radius 1 is 1.67 bits per heavy atom. The molecule has 1 rings (SSSR count). The molecule has 1 fully saturated rings. The Kier molecular flexibility index (Phi) is 3.58. The van der Waals surface area contributed by atoms with Gasteiger partial charge in [0.05, 0.1) is 0 Å². The Morgan fingerprint density at radius 2 is 2.33 bits per heavy atom. The van der Waals surface area contributed by atoms with Gasteiger partial charge >= 0.3 is 0 Å². The fraction of sp³-hybridized carbons (Fsp3) is 0.800. The van der Waals surface area contributed by atoms with Crippen molar-refractivity contribution >= 4 is 18.3 Å². The third kappa shape index (κ3) is 2.67. The van der Waals surface area contributed by atoms with Crippen molar-refractivity contribution in [2.75, 3.05) is 6.54 Å². The normalized spacial score (nSPS) is 26.3. The summed E-state index contributed by atoms with van der Waals surface area (Å²) in [5.41, 5.74) is 5.46. The molecule has 3 N–H and O–H groups in total. The minimum absolute atomic E-state index is 0. The van der Waals surface area contributed by atoms with Crippen LogP contribution in [0.15, 0.2) is 0 Å². The summed E-state index contributed by atoms with van der Waals surface area (Å²) in [4.78, 5) is 10.5. The van der Waals surface area contributed by atoms with Crippen LogP contribution in [0.25, 0.3) is 0 Å². The Balaban J connectivity index is 0.000000640. The van der Waals surface area contributed by atoms with E-state index in [9.17, 15) is 4.79 Å². The second-order valence-electron chi connectivity index (χ2n) is 2.10. The van der Waals surface area contributed by atoms with Gasteiger partial charge in [0.1, 0.15) is 0 Å². The van der Waals surface area contributed by atoms with E-state index in [0.29, 0.717) is 6.42 Å². The highest BCUT2D eigenvalue weighted by atomic mass is 35.5. The molecular formula is C5H11ClN2O. The van der Waals surface area contributed by atoms with Gasteiger partial charge in [0.25, 0.3) is 0 Å². The number of nitrogens with two attached hydrogens (primary N) is 1. The molecule has 0 radical (unpaired) electrons. The molecule has 1 aliphatic heterocycles. The van der Waals surface area contributed by atoms with Crippen LogP contribution in [0.4, 0.5) is 0 Å². The smallest absolute Gasteiger partial charge is 0.221 e. The number of halogens is 1. The molecule has 1 saturated heterocycles. The molecule has 0 spiro atoms. The predicted molar refractivity (Wildman–Crippen MR) is 37.5 cm³/mol. The summed E-state index contributed by atoms with van der Waals surface area (Å²) in [5.74, 6) is 0.0868. The highest BCUT2D eigenvalue weighted by molar-refractivity contribution is 5.85. The lowest BCUT2D eigenvalue weighted by Crippen LogP contribution is -2.40. The van der Waals surface area contributed by atoms with Gasteiger partial charge in [0.2, 0.25) is 5.91 Å². The van der Waals surface area contributed by atoms with E-state index in [0.717, 1.165) is 13.0 Å². The van der Waals surface area contributed by atoms with Crippen molar-refractivity contribution in [2.24, 2.45) is 5.73 Å². The van der Waals surface area contributed by atoms with Crippen LogP contribution in [-0.4, -0.2) is 18.5 Å². The van der Waals surface area contributed by atoms with Crippen LogP contribution in [0.5, 0.6) is 0 Å². The summed E-state index contributed by atoms with van der Waals surface area (Å²) in [6.45, 7) is 0.750. The SMILES string of the molecule is Cl.NC1CCNC(=O)C1. The zero-order valence-corrected chi connectivity index (χ0v) is 5.91. The van der Waals surface area contributed by atoms with Crippen molar-refractivity contribution in [3.8, 4) is 0 Å². The van der Waals surface area contributed by atoms with Crippen LogP contribution in [0.3, 0.4) is 0 Å². The van der Waals surface area contributed by atoms with Crippen LogP contribution >= 0.6 is 12.4 Å². The summed E-state index contributed by atoms with van der Waals surface area (Å²) in [7, 11) is 0. The lowest BCUT2D eigenvalue weighted by molar-refractivity contribution is -0.122. The Labute approximate surface area is 60.4 Å². The molecule has 54 valence electrons. The first-order valence-electron chi connectivity index (χ1n) is 2.81. The number of carbonyl (C=O) groups excluding carboxylic acids is 1. The largest absolute Gasteiger partial charge is 0.356 e. The summed E-state index contributed by atoms with van der Waals surface area (Å²) >= 11 is 0. The average Bonchev–Trinajstić information content (AvgIpc) is 1.64. The first kappa shape index (κ1) is 8.72. The van der Waals surface area contributed by atoms with Crippen molar-refractivity contribution in [3.05, 3.63) is 0 Å². The highest BCUT2D eigenvalue weighted by Crippen LogP contribution is 1.98. The second kappa shape index (κ2) is 3.69. The van der Waals surface area contributed by atoms with E-state index in [-0.39, 0.29) is 24.4 Å². The van der Waals surface area contributed by atoms with Crippen LogP contribution in [0, 0.1) is 0 Å². The minimum atomic E-state index is 0. The van der Waals surface area contributed by atoms with Crippen molar-refractivity contribution in [3.63, 3.8) is 0 Å². The number of hydrogen-bond acceptors (Lipinski definition) is 2. The van der Waals surface area contributed by atoms with Gasteiger partial charge in [-0.25, -0.2) is 0 Å². The minimum Gasteiger partial charge on any atom is -0.356 e. The monoisotopic (exact) mass is 150 g/mol. The van der Waals surface area contributed by atoms with Gasteiger partial charge in [-0.15, -0.1) is 12.4 Å². The van der Waals surface area contributed by atoms with Crippen LogP contribution in [0.1, 0.15) is 12.8 Å². The van der Waals surface area contributed by atoms with Gasteiger partial charge in [-0.1, -0.05) is 0 Å². The molecule has 3 nitrogen and oxygen atoms in total. The summed E-state index contributed by atoms with van der Waals surface area (Å²) in [6.07, 6.45) is 1.42. The average molecular weight is 151 g/mol. The molecule has 0 bridgehead atoms. The Bertz CT molecular complexity index is 107. The molecular weight excluding hydrogens is 140 g/mol. The standard InChI is InChI=1S/C5H10N2O.ClH/c6-4-1-2-7-5(8)3-4;/h4H,1-3,6H2,(H,7,8);1H. The third-order valence-electron chi connectivity index (χ3n) is 1.28. The first-order valence-corrected chi connectivity index (χ1v) is 2.81. The predicted octanol–water partition coefficient (Wildman–Crippen LogP) is -0.355. The number of carbonyl (C=O) groups is 1. The van der Waals surface area contributed by atoms with Crippen LogP contribution in [-0.2, 0) is 4.79 Å². The van der Waals surface area contributed by atoms with E-state index in [1.165, 1.54) is 0 Å². The number of piperidine rings is 1. The second-order valence-corrected chi connectivity index (χ2v) is 2.10. The molecule has 1 heterocycles. The van der Waals surface area contributed by atoms with Gasteiger partial charge < -0.3 is 11.1 Å². The molecule has 1 atom stereocenters. The quantitative estimate of drug-likeness (QED) is 0.496. The van der Waals surface area contributed by atoms with E-state index >= 15 is 0 Å². The van der Waals surface area contributed by atoms with Crippen molar-refractivity contribution < 1.29 is 4.79 Å². The maximum absolute atomic E-state index is 10.5. The van der Waals surface area contributed by atoms with Gasteiger partial charge in [-0.3, -0.25) is 4.79 Å². The zero-order valence-electron chi connectivity index (χ0n) is 5.09. The van der Waals surface area contributed by atoms with E-state index in [1.807, 2.05) is 0 Å². The molecule has 0 aromatic carbocycles. The number of amides is 1. The molecule has 4 heteroatoms. The van der Waals surface area contributed by atoms with Crippen LogP contribution in [0.2, 0.25) is 0 Å². The van der Waals surface area contributed by atoms with E-state index in [1.54, 1.807) is 0 Å². The fourth-order valence-electron chi connectivity index (χ4n) is 0.809. The van der Waals surface area contributed by atoms with Gasteiger partial charge in [0, 0.05) is 19.0 Å². The number of hydrogen-bond donors (Lipinski definition) is 2. The molecule has 1 aliphatic rings. The van der Waals surface area contributed by atoms with E-state index in [4.69, 9.17) is 5.73 Å². The molecule has 0 saturated carbocycles. The molecule has 9 heavy (non-hydrogen) atoms. The number of nitrogens with one attached hydrogen (secondary N) is 1. The lowest BCUT2D eigenvalue weighted by Gasteiger charge is -2.16. The molecule has 1 unspecified atom stereocenters. The topological polar surface area (TPSA) is 55.1 Å². The van der Waals surface area contributed by atoms with Gasteiger partial charge in [-0.2, -0.15) is 0 Å². The number of rotatable bonds is 0. The van der Waals surface area contributed by atoms with Crippen molar-refractivity contribution in [1.29, 1.82) is 0 Å². The molecule has 1 amide bonds. The third-order valence-corrected chi connectivity index (χ3v) is 1.28. The highest BCUT2D eigenvalue weighted by Gasteiger charge is 2.13. The molecule has 0 aliphatic carbocycles. The first-order chi connectivity index (χ1) is 3.79. The van der Waals surface area contributed by atoms with E-state index in [2.05, 4.69) is 5.32 Å². The lowest BCUT2D eigenvalue weighted by atomic mass is 10.1. The zero-order chi connectivity index (χ0) is 5.98. The maximum Gasteiger partial charge on any atom is 0.221 e. The van der Waals surface area contributed by atoms with E-state index < -0.39 is 0 Å². The van der Waals surface area contributed by atoms with Gasteiger partial charge in [-0.05, 0) is 6.42 Å². The summed E-state index contributed by atoms with van der Waals surface area (Å²) in [6, 6.07) is 0.101. The van der Waals surface area contributed by atoms with Crippen molar-refractivity contribution in [1.82, 2.24) is 5.32 Å². The Hall–Kier alpha value is -0.280. The molecule has 0 aromatic heterocycles. The van der Waals surface area contributed by atoms with Crippen LogP contribution < -0.4 is 11.1 Å². The Morgan fingerprint density at radius 3 is 2.67 bits per heavy atom. The summed E-state index contributed by atoms with van der Waals surface area (Å²) < 4.78 is 0. The molecule has 0 aromatic rings. The van der Waals surface area contributed by atoms with Crippen molar-refractivity contribution in [2.45, 2.75) is 18.9 Å². The summed E-state index contributed by atoms with van der Waals surface area (Å²) in [5, 5.41) is 2.69. The van der Waals surface area contributed by atoms with Gasteiger partial charge in [0.15, 0.2) is 0 Å². The maximum atomic E-state index is 10.5. The fourth-order valence-corrected chi connectivity index (χ4v) is 0.809.